The first-order valence-electron chi connectivity index (χ1n) is 8.32. The summed E-state index contributed by atoms with van der Waals surface area (Å²) in [5.41, 5.74) is -1.01. The average Bonchev–Trinajstić information content (AvgIpc) is 3.01. The fourth-order valence-electron chi connectivity index (χ4n) is 2.66. The molecule has 7 nitrogen and oxygen atoms in total. The molecule has 27 heavy (non-hydrogen) atoms. The Morgan fingerprint density at radius 1 is 0.963 bits per heavy atom. The van der Waals surface area contributed by atoms with Crippen LogP contribution >= 0.6 is 0 Å². The number of aliphatic hydroxyl groups is 1. The number of ether oxygens (including phenoxy) is 3. The van der Waals surface area contributed by atoms with E-state index < -0.39 is 36.0 Å². The smallest absolute Gasteiger partial charge is 0.351 e. The summed E-state index contributed by atoms with van der Waals surface area (Å²) in [7, 11) is 0. The summed E-state index contributed by atoms with van der Waals surface area (Å²) >= 11 is 0. The van der Waals surface area contributed by atoms with Crippen LogP contribution in [0.25, 0.3) is 0 Å². The molecule has 1 saturated heterocycles. The molecule has 1 fully saturated rings. The third-order valence-corrected chi connectivity index (χ3v) is 4.10. The first kappa shape index (κ1) is 18.6. The number of carbonyl (C=O) groups is 3. The molecule has 2 aromatic carbocycles. The van der Waals surface area contributed by atoms with Crippen molar-refractivity contribution in [1.29, 1.82) is 0 Å². The van der Waals surface area contributed by atoms with Gasteiger partial charge in [-0.3, -0.25) is 4.79 Å². The Morgan fingerprint density at radius 3 is 2.04 bits per heavy atom. The van der Waals surface area contributed by atoms with Crippen molar-refractivity contribution in [3.63, 3.8) is 0 Å². The summed E-state index contributed by atoms with van der Waals surface area (Å²) in [4.78, 5) is 36.3. The third kappa shape index (κ3) is 4.32. The quantitative estimate of drug-likeness (QED) is 0.608. The molecule has 1 heterocycles. The summed E-state index contributed by atoms with van der Waals surface area (Å²) in [5, 5.41) is 10.6. The number of rotatable bonds is 6. The highest BCUT2D eigenvalue weighted by Crippen LogP contribution is 2.30. The van der Waals surface area contributed by atoms with Gasteiger partial charge in [0.2, 0.25) is 11.7 Å². The second-order valence-electron chi connectivity index (χ2n) is 6.13. The van der Waals surface area contributed by atoms with Crippen molar-refractivity contribution in [2.45, 2.75) is 31.3 Å². The van der Waals surface area contributed by atoms with Crippen LogP contribution < -0.4 is 0 Å². The predicted molar refractivity (Wildman–Crippen MR) is 91.9 cm³/mol. The molecule has 0 spiro atoms. The van der Waals surface area contributed by atoms with Crippen LogP contribution in [0, 0.1) is 0 Å². The van der Waals surface area contributed by atoms with E-state index in [0.717, 1.165) is 0 Å². The van der Waals surface area contributed by atoms with E-state index in [0.29, 0.717) is 11.1 Å². The molecule has 0 aliphatic carbocycles. The van der Waals surface area contributed by atoms with Crippen LogP contribution in [0.1, 0.15) is 17.5 Å². The number of carbonyl (C=O) groups excluding carboxylic acids is 3. The van der Waals surface area contributed by atoms with E-state index in [-0.39, 0.29) is 13.2 Å². The average molecular weight is 370 g/mol. The Labute approximate surface area is 155 Å². The van der Waals surface area contributed by atoms with E-state index in [1.54, 1.807) is 54.6 Å². The Morgan fingerprint density at radius 2 is 1.48 bits per heavy atom. The molecule has 0 bridgehead atoms. The monoisotopic (exact) mass is 370 g/mol. The Bertz CT molecular complexity index is 819. The van der Waals surface area contributed by atoms with Gasteiger partial charge in [-0.2, -0.15) is 0 Å². The van der Waals surface area contributed by atoms with Crippen LogP contribution in [0.4, 0.5) is 0 Å². The molecule has 0 radical (unpaired) electrons. The number of esters is 3. The maximum Gasteiger partial charge on any atom is 0.351 e. The van der Waals surface area contributed by atoms with Crippen molar-refractivity contribution in [2.24, 2.45) is 0 Å². The maximum atomic E-state index is 12.4. The number of cyclic esters (lactones) is 1. The van der Waals surface area contributed by atoms with Gasteiger partial charge in [-0.1, -0.05) is 60.7 Å². The minimum Gasteiger partial charge on any atom is -0.459 e. The molecule has 3 rings (SSSR count). The highest BCUT2D eigenvalue weighted by Gasteiger charge is 2.59. The predicted octanol–water partition coefficient (Wildman–Crippen LogP) is 1.52. The molecule has 1 aliphatic heterocycles. The van der Waals surface area contributed by atoms with E-state index in [1.165, 1.54) is 0 Å². The Hall–Kier alpha value is -3.19. The molecular formula is C20H18O7. The molecule has 0 amide bonds. The Kier molecular flexibility index (Phi) is 5.52. The van der Waals surface area contributed by atoms with Gasteiger partial charge in [0.15, 0.2) is 0 Å². The molecule has 140 valence electrons. The minimum absolute atomic E-state index is 0.0805. The van der Waals surface area contributed by atoms with Crippen molar-refractivity contribution in [1.82, 2.24) is 0 Å². The van der Waals surface area contributed by atoms with E-state index in [2.05, 4.69) is 0 Å². The second kappa shape index (κ2) is 8.01. The van der Waals surface area contributed by atoms with E-state index in [4.69, 9.17) is 14.2 Å². The molecule has 1 N–H and O–H groups in total. The SMILES string of the molecule is O=C1C[C@@](O)(C(=O)OCc2ccccc2)[C@@H](C(=O)OCc2ccccc2)O1. The summed E-state index contributed by atoms with van der Waals surface area (Å²) < 4.78 is 15.0. The van der Waals surface area contributed by atoms with Crippen LogP contribution in [0.2, 0.25) is 0 Å². The van der Waals surface area contributed by atoms with Crippen molar-refractivity contribution >= 4 is 17.9 Å². The first-order chi connectivity index (χ1) is 13.0. The molecule has 0 aromatic heterocycles. The van der Waals surface area contributed by atoms with Crippen molar-refractivity contribution in [3.05, 3.63) is 71.8 Å². The maximum absolute atomic E-state index is 12.4. The number of hydrogen-bond donors (Lipinski definition) is 1. The lowest BCUT2D eigenvalue weighted by Gasteiger charge is -2.23. The Balaban J connectivity index is 1.65. The molecule has 2 aromatic rings. The van der Waals surface area contributed by atoms with Gasteiger partial charge in [0.25, 0.3) is 0 Å². The molecule has 1 aliphatic rings. The summed E-state index contributed by atoms with van der Waals surface area (Å²) in [5.74, 6) is -3.00. The van der Waals surface area contributed by atoms with Gasteiger partial charge in [-0.25, -0.2) is 9.59 Å². The van der Waals surface area contributed by atoms with Gasteiger partial charge in [0, 0.05) is 0 Å². The number of benzene rings is 2. The van der Waals surface area contributed by atoms with Crippen LogP contribution in [-0.2, 0) is 41.8 Å². The zero-order valence-corrected chi connectivity index (χ0v) is 14.4. The van der Waals surface area contributed by atoms with Crippen molar-refractivity contribution < 1.29 is 33.7 Å². The van der Waals surface area contributed by atoms with Crippen molar-refractivity contribution in [2.75, 3.05) is 0 Å². The largest absolute Gasteiger partial charge is 0.459 e. The second-order valence-corrected chi connectivity index (χ2v) is 6.13. The van der Waals surface area contributed by atoms with Gasteiger partial charge >= 0.3 is 17.9 Å². The lowest BCUT2D eigenvalue weighted by Crippen LogP contribution is -2.51. The molecular weight excluding hydrogens is 352 g/mol. The van der Waals surface area contributed by atoms with Gasteiger partial charge in [0.1, 0.15) is 13.2 Å². The van der Waals surface area contributed by atoms with Crippen LogP contribution in [0.3, 0.4) is 0 Å². The van der Waals surface area contributed by atoms with E-state index in [1.807, 2.05) is 6.07 Å². The van der Waals surface area contributed by atoms with Gasteiger partial charge in [-0.05, 0) is 11.1 Å². The topological polar surface area (TPSA) is 99.1 Å². The van der Waals surface area contributed by atoms with E-state index >= 15 is 0 Å². The molecule has 0 unspecified atom stereocenters. The van der Waals surface area contributed by atoms with Crippen LogP contribution in [0.5, 0.6) is 0 Å². The van der Waals surface area contributed by atoms with Crippen LogP contribution in [-0.4, -0.2) is 34.7 Å². The highest BCUT2D eigenvalue weighted by atomic mass is 16.6. The summed E-state index contributed by atoms with van der Waals surface area (Å²) in [6.45, 7) is -0.190. The standard InChI is InChI=1S/C20H18O7/c21-16-11-20(24,19(23)26-13-15-9-5-2-6-10-15)17(27-16)18(22)25-12-14-7-3-1-4-8-14/h1-10,17,24H,11-13H2/t17-,20+/m1/s1. The van der Waals surface area contributed by atoms with Gasteiger partial charge < -0.3 is 19.3 Å². The zero-order chi connectivity index (χ0) is 19.3. The number of hydrogen-bond acceptors (Lipinski definition) is 7. The highest BCUT2D eigenvalue weighted by molar-refractivity contribution is 5.97. The summed E-state index contributed by atoms with van der Waals surface area (Å²) in [6.07, 6.45) is -2.44. The first-order valence-corrected chi connectivity index (χ1v) is 8.32. The van der Waals surface area contributed by atoms with Gasteiger partial charge in [-0.15, -0.1) is 0 Å². The van der Waals surface area contributed by atoms with Crippen LogP contribution in [0.15, 0.2) is 60.7 Å². The fourth-order valence-corrected chi connectivity index (χ4v) is 2.66. The lowest BCUT2D eigenvalue weighted by molar-refractivity contribution is -0.185. The third-order valence-electron chi connectivity index (χ3n) is 4.10. The minimum atomic E-state index is -2.42. The lowest BCUT2D eigenvalue weighted by atomic mass is 9.95. The van der Waals surface area contributed by atoms with E-state index in [9.17, 15) is 19.5 Å². The normalized spacial score (nSPS) is 21.4. The zero-order valence-electron chi connectivity index (χ0n) is 14.4. The fraction of sp³-hybridized carbons (Fsp3) is 0.250. The molecule has 7 heteroatoms. The summed E-state index contributed by atoms with van der Waals surface area (Å²) in [6, 6.07) is 17.7. The van der Waals surface area contributed by atoms with Gasteiger partial charge in [0.05, 0.1) is 6.42 Å². The van der Waals surface area contributed by atoms with Crippen molar-refractivity contribution in [3.8, 4) is 0 Å². The molecule has 2 atom stereocenters. The molecule has 0 saturated carbocycles.